The quantitative estimate of drug-likeness (QED) is 0.370. The van der Waals surface area contributed by atoms with Crippen LogP contribution in [0.3, 0.4) is 0 Å². The first-order valence-electron chi connectivity index (χ1n) is 6.60. The maximum absolute atomic E-state index is 12.2. The lowest BCUT2D eigenvalue weighted by Gasteiger charge is -2.12. The lowest BCUT2D eigenvalue weighted by molar-refractivity contribution is -0.140. The van der Waals surface area contributed by atoms with Crippen LogP contribution in [0, 0.1) is 0 Å². The van der Waals surface area contributed by atoms with Crippen LogP contribution in [0.25, 0.3) is 0 Å². The van der Waals surface area contributed by atoms with Gasteiger partial charge in [-0.1, -0.05) is 0 Å². The second-order valence-electron chi connectivity index (χ2n) is 4.26. The molecule has 1 aromatic carbocycles. The third-order valence-electron chi connectivity index (χ3n) is 2.71. The van der Waals surface area contributed by atoms with Gasteiger partial charge < -0.3 is 23.7 Å². The van der Waals surface area contributed by atoms with Crippen LogP contribution in [0.15, 0.2) is 18.2 Å². The Morgan fingerprint density at radius 2 is 1.64 bits per heavy atom. The zero-order valence-electron chi connectivity index (χ0n) is 12.9. The van der Waals surface area contributed by atoms with Crippen molar-refractivity contribution in [3.05, 3.63) is 23.8 Å². The highest BCUT2D eigenvalue weighted by atomic mass is 16.7. The van der Waals surface area contributed by atoms with E-state index in [9.17, 15) is 9.59 Å². The summed E-state index contributed by atoms with van der Waals surface area (Å²) in [7, 11) is 4.26. The van der Waals surface area contributed by atoms with Crippen LogP contribution in [0.4, 0.5) is 0 Å². The first-order chi connectivity index (χ1) is 10.6. The van der Waals surface area contributed by atoms with Crippen molar-refractivity contribution in [3.63, 3.8) is 0 Å². The fourth-order valence-corrected chi connectivity index (χ4v) is 1.64. The van der Waals surface area contributed by atoms with Crippen LogP contribution in [-0.2, 0) is 19.0 Å². The minimum Gasteiger partial charge on any atom is -0.469 e. The molecule has 7 heteroatoms. The Balaban J connectivity index is 2.85. The maximum atomic E-state index is 12.2. The van der Waals surface area contributed by atoms with Gasteiger partial charge in [-0.15, -0.1) is 0 Å². The predicted molar refractivity (Wildman–Crippen MR) is 77.0 cm³/mol. The molecule has 122 valence electrons. The summed E-state index contributed by atoms with van der Waals surface area (Å²) in [5.74, 6) is 0.158. The monoisotopic (exact) mass is 312 g/mol. The van der Waals surface area contributed by atoms with E-state index in [0.29, 0.717) is 17.1 Å². The second kappa shape index (κ2) is 9.75. The molecule has 0 radical (unpaired) electrons. The Morgan fingerprint density at radius 1 is 0.955 bits per heavy atom. The number of ether oxygens (including phenoxy) is 5. The SMILES string of the molecule is COCOc1ccc(C(=O)CCC(=O)OC)c(OCOC)c1. The standard InChI is InChI=1S/C15H20O7/c1-18-9-21-11-4-5-12(14(8-11)22-10-19-2)13(16)6-7-15(17)20-3/h4-5,8H,6-7,9-10H2,1-3H3. The summed E-state index contributed by atoms with van der Waals surface area (Å²) in [4.78, 5) is 23.3. The van der Waals surface area contributed by atoms with Crippen LogP contribution in [-0.4, -0.2) is 46.7 Å². The molecule has 0 unspecified atom stereocenters. The van der Waals surface area contributed by atoms with Crippen LogP contribution in [0.1, 0.15) is 23.2 Å². The van der Waals surface area contributed by atoms with E-state index in [0.717, 1.165) is 0 Å². The van der Waals surface area contributed by atoms with Crippen molar-refractivity contribution in [1.29, 1.82) is 0 Å². The molecule has 0 aliphatic heterocycles. The zero-order valence-corrected chi connectivity index (χ0v) is 12.9. The molecule has 0 atom stereocenters. The van der Waals surface area contributed by atoms with Crippen molar-refractivity contribution < 1.29 is 33.3 Å². The van der Waals surface area contributed by atoms with E-state index in [1.54, 1.807) is 18.2 Å². The lowest BCUT2D eigenvalue weighted by Crippen LogP contribution is -2.09. The van der Waals surface area contributed by atoms with Gasteiger partial charge in [0.25, 0.3) is 0 Å². The number of hydrogen-bond acceptors (Lipinski definition) is 7. The third kappa shape index (κ3) is 5.71. The Labute approximate surface area is 129 Å². The fourth-order valence-electron chi connectivity index (χ4n) is 1.64. The van der Waals surface area contributed by atoms with Crippen LogP contribution in [0.2, 0.25) is 0 Å². The van der Waals surface area contributed by atoms with Gasteiger partial charge in [0.2, 0.25) is 0 Å². The Kier molecular flexibility index (Phi) is 7.95. The summed E-state index contributed by atoms with van der Waals surface area (Å²) in [5.41, 5.74) is 0.353. The number of Topliss-reactive ketones (excluding diaryl/α,β-unsaturated/α-hetero) is 1. The molecule has 22 heavy (non-hydrogen) atoms. The average molecular weight is 312 g/mol. The molecule has 0 amide bonds. The van der Waals surface area contributed by atoms with E-state index >= 15 is 0 Å². The number of methoxy groups -OCH3 is 3. The number of carbonyl (C=O) groups excluding carboxylic acids is 2. The normalized spacial score (nSPS) is 10.1. The van der Waals surface area contributed by atoms with Crippen molar-refractivity contribution in [2.45, 2.75) is 12.8 Å². The molecular weight excluding hydrogens is 292 g/mol. The van der Waals surface area contributed by atoms with Crippen LogP contribution >= 0.6 is 0 Å². The van der Waals surface area contributed by atoms with Crippen molar-refractivity contribution in [2.75, 3.05) is 34.9 Å². The molecule has 0 saturated heterocycles. The highest BCUT2D eigenvalue weighted by molar-refractivity contribution is 6.00. The molecule has 0 spiro atoms. The summed E-state index contributed by atoms with van der Waals surface area (Å²) in [6.45, 7) is 0.0738. The summed E-state index contributed by atoms with van der Waals surface area (Å²) in [5, 5.41) is 0. The highest BCUT2D eigenvalue weighted by Gasteiger charge is 2.16. The van der Waals surface area contributed by atoms with E-state index in [1.807, 2.05) is 0 Å². The van der Waals surface area contributed by atoms with Crippen LogP contribution < -0.4 is 9.47 Å². The molecular formula is C15H20O7. The average Bonchev–Trinajstić information content (AvgIpc) is 2.55. The number of esters is 1. The number of hydrogen-bond donors (Lipinski definition) is 0. The molecule has 0 aliphatic carbocycles. The van der Waals surface area contributed by atoms with Crippen molar-refractivity contribution in [2.24, 2.45) is 0 Å². The number of benzene rings is 1. The summed E-state index contributed by atoms with van der Waals surface area (Å²) in [6.07, 6.45) is 0.0509. The smallest absolute Gasteiger partial charge is 0.305 e. The minimum absolute atomic E-state index is 0.00892. The first kappa shape index (κ1) is 17.9. The van der Waals surface area contributed by atoms with Gasteiger partial charge in [0, 0.05) is 26.7 Å². The van der Waals surface area contributed by atoms with Crippen molar-refractivity contribution in [3.8, 4) is 11.5 Å². The molecule has 0 fully saturated rings. The number of carbonyl (C=O) groups is 2. The van der Waals surface area contributed by atoms with Gasteiger partial charge in [-0.2, -0.15) is 0 Å². The van der Waals surface area contributed by atoms with E-state index in [-0.39, 0.29) is 32.2 Å². The summed E-state index contributed by atoms with van der Waals surface area (Å²) < 4.78 is 24.9. The largest absolute Gasteiger partial charge is 0.469 e. The van der Waals surface area contributed by atoms with E-state index in [2.05, 4.69) is 4.74 Å². The minimum atomic E-state index is -0.437. The second-order valence-corrected chi connectivity index (χ2v) is 4.26. The number of rotatable bonds is 10. The van der Waals surface area contributed by atoms with Gasteiger partial charge in [-0.25, -0.2) is 0 Å². The Hall–Kier alpha value is -2.12. The van der Waals surface area contributed by atoms with E-state index in [1.165, 1.54) is 21.3 Å². The zero-order chi connectivity index (χ0) is 16.4. The topological polar surface area (TPSA) is 80.3 Å². The summed E-state index contributed by atoms with van der Waals surface area (Å²) >= 11 is 0. The van der Waals surface area contributed by atoms with Gasteiger partial charge in [0.05, 0.1) is 19.1 Å². The molecule has 1 aromatic rings. The number of ketones is 1. The van der Waals surface area contributed by atoms with Crippen molar-refractivity contribution in [1.82, 2.24) is 0 Å². The molecule has 7 nitrogen and oxygen atoms in total. The third-order valence-corrected chi connectivity index (χ3v) is 2.71. The molecule has 0 heterocycles. The van der Waals surface area contributed by atoms with Gasteiger partial charge in [-0.05, 0) is 12.1 Å². The molecule has 1 rings (SSSR count). The lowest BCUT2D eigenvalue weighted by atomic mass is 10.1. The van der Waals surface area contributed by atoms with Gasteiger partial charge in [-0.3, -0.25) is 9.59 Å². The molecule has 0 bridgehead atoms. The Bertz CT molecular complexity index is 499. The molecule has 0 aromatic heterocycles. The highest BCUT2D eigenvalue weighted by Crippen LogP contribution is 2.26. The molecule has 0 N–H and O–H groups in total. The molecule has 0 aliphatic rings. The first-order valence-corrected chi connectivity index (χ1v) is 6.60. The van der Waals surface area contributed by atoms with Gasteiger partial charge in [0.15, 0.2) is 19.4 Å². The Morgan fingerprint density at radius 3 is 2.27 bits per heavy atom. The summed E-state index contributed by atoms with van der Waals surface area (Å²) in [6, 6.07) is 4.78. The van der Waals surface area contributed by atoms with Crippen molar-refractivity contribution >= 4 is 11.8 Å². The predicted octanol–water partition coefficient (Wildman–Crippen LogP) is 1.79. The molecule has 0 saturated carbocycles. The van der Waals surface area contributed by atoms with E-state index < -0.39 is 5.97 Å². The fraction of sp³-hybridized carbons (Fsp3) is 0.467. The van der Waals surface area contributed by atoms with E-state index in [4.69, 9.17) is 18.9 Å². The maximum Gasteiger partial charge on any atom is 0.305 e. The van der Waals surface area contributed by atoms with Gasteiger partial charge in [0.1, 0.15) is 11.5 Å². The van der Waals surface area contributed by atoms with Crippen LogP contribution in [0.5, 0.6) is 11.5 Å². The van der Waals surface area contributed by atoms with Gasteiger partial charge >= 0.3 is 5.97 Å².